The van der Waals surface area contributed by atoms with Gasteiger partial charge in [0.05, 0.1) is 23.4 Å². The second-order valence-corrected chi connectivity index (χ2v) is 6.68. The highest BCUT2D eigenvalue weighted by Crippen LogP contribution is 2.39. The molecule has 1 heterocycles. The number of nitrogens with zero attached hydrogens (tertiary/aromatic N) is 1. The summed E-state index contributed by atoms with van der Waals surface area (Å²) < 4.78 is 7.12. The van der Waals surface area contributed by atoms with Crippen LogP contribution in [0.5, 0.6) is 0 Å². The molecule has 0 radical (unpaired) electrons. The Bertz CT molecular complexity index is 1110. The molecule has 1 aliphatic carbocycles. The normalized spacial score (nSPS) is 12.5. The number of ether oxygens (including phenoxy) is 1. The minimum absolute atomic E-state index is 0.149. The fraction of sp³-hybridized carbons (Fsp3) is 0.174. The Morgan fingerprint density at radius 2 is 1.57 bits per heavy atom. The van der Waals surface area contributed by atoms with E-state index in [4.69, 9.17) is 4.74 Å². The summed E-state index contributed by atoms with van der Waals surface area (Å²) in [5, 5.41) is 0. The number of hydrogen-bond donors (Lipinski definition) is 0. The number of Topliss-reactive ketones (excluding diaryl/α,β-unsaturated/α-hetero) is 2. The highest BCUT2D eigenvalue weighted by molar-refractivity contribution is 6.53. The summed E-state index contributed by atoms with van der Waals surface area (Å²) in [7, 11) is 0. The third kappa shape index (κ3) is 2.67. The molecule has 0 unspecified atom stereocenters. The zero-order chi connectivity index (χ0) is 19.8. The molecular weight excluding hydrogens is 354 g/mol. The van der Waals surface area contributed by atoms with Crippen molar-refractivity contribution in [2.45, 2.75) is 20.4 Å². The lowest BCUT2D eigenvalue weighted by molar-refractivity contribution is 0.0522. The second-order valence-electron chi connectivity index (χ2n) is 6.68. The molecule has 0 spiro atoms. The molecule has 28 heavy (non-hydrogen) atoms. The molecule has 0 amide bonds. The van der Waals surface area contributed by atoms with Crippen molar-refractivity contribution in [3.63, 3.8) is 0 Å². The highest BCUT2D eigenvalue weighted by Gasteiger charge is 2.39. The van der Waals surface area contributed by atoms with Gasteiger partial charge in [0, 0.05) is 23.4 Å². The molecule has 140 valence electrons. The van der Waals surface area contributed by atoms with Gasteiger partial charge in [-0.1, -0.05) is 54.6 Å². The van der Waals surface area contributed by atoms with Crippen LogP contribution in [0.25, 0.3) is 11.3 Å². The van der Waals surface area contributed by atoms with Crippen molar-refractivity contribution in [1.29, 1.82) is 0 Å². The van der Waals surface area contributed by atoms with Crippen LogP contribution in [0.3, 0.4) is 0 Å². The summed E-state index contributed by atoms with van der Waals surface area (Å²) in [6.07, 6.45) is 0. The van der Waals surface area contributed by atoms with Crippen molar-refractivity contribution in [3.8, 4) is 11.3 Å². The lowest BCUT2D eigenvalue weighted by Gasteiger charge is -2.18. The first-order chi connectivity index (χ1) is 13.5. The molecule has 0 N–H and O–H groups in total. The first-order valence-electron chi connectivity index (χ1n) is 9.17. The number of aromatic nitrogens is 1. The first kappa shape index (κ1) is 17.9. The zero-order valence-corrected chi connectivity index (χ0v) is 15.7. The number of rotatable bonds is 4. The highest BCUT2D eigenvalue weighted by atomic mass is 16.5. The van der Waals surface area contributed by atoms with Gasteiger partial charge in [-0.3, -0.25) is 9.59 Å². The van der Waals surface area contributed by atoms with Crippen LogP contribution in [-0.4, -0.2) is 28.7 Å². The van der Waals surface area contributed by atoms with Crippen LogP contribution in [0.2, 0.25) is 0 Å². The van der Waals surface area contributed by atoms with Crippen LogP contribution in [0.15, 0.2) is 54.6 Å². The zero-order valence-electron chi connectivity index (χ0n) is 15.7. The van der Waals surface area contributed by atoms with E-state index in [1.165, 1.54) is 0 Å². The number of carbonyl (C=O) groups excluding carboxylic acids is 3. The van der Waals surface area contributed by atoms with Gasteiger partial charge in [-0.2, -0.15) is 0 Å². The molecule has 0 bridgehead atoms. The quantitative estimate of drug-likeness (QED) is 0.511. The third-order valence-electron chi connectivity index (χ3n) is 5.05. The van der Waals surface area contributed by atoms with E-state index in [0.717, 1.165) is 5.56 Å². The van der Waals surface area contributed by atoms with Crippen LogP contribution < -0.4 is 0 Å². The van der Waals surface area contributed by atoms with Crippen LogP contribution in [0.4, 0.5) is 0 Å². The van der Waals surface area contributed by atoms with Gasteiger partial charge in [-0.15, -0.1) is 0 Å². The lowest BCUT2D eigenvalue weighted by atomic mass is 9.86. The van der Waals surface area contributed by atoms with Crippen molar-refractivity contribution >= 4 is 17.5 Å². The van der Waals surface area contributed by atoms with E-state index in [1.807, 2.05) is 47.0 Å². The molecule has 2 aromatic carbocycles. The number of hydrogen-bond acceptors (Lipinski definition) is 4. The third-order valence-corrected chi connectivity index (χ3v) is 5.05. The molecule has 0 saturated heterocycles. The van der Waals surface area contributed by atoms with E-state index in [1.54, 1.807) is 26.0 Å². The summed E-state index contributed by atoms with van der Waals surface area (Å²) in [4.78, 5) is 38.3. The summed E-state index contributed by atoms with van der Waals surface area (Å²) in [6.45, 7) is 4.16. The van der Waals surface area contributed by atoms with Crippen LogP contribution in [0, 0.1) is 6.92 Å². The summed E-state index contributed by atoms with van der Waals surface area (Å²) in [5.74, 6) is -1.83. The van der Waals surface area contributed by atoms with Crippen molar-refractivity contribution in [2.24, 2.45) is 0 Å². The van der Waals surface area contributed by atoms with E-state index in [9.17, 15) is 14.4 Å². The van der Waals surface area contributed by atoms with E-state index < -0.39 is 17.5 Å². The standard InChI is InChI=1S/C23H19NO4/c1-3-28-23(27)18-14(2)24(13-15-9-5-4-6-10-15)20-16-11-7-8-12-17(16)21(25)22(26)19(18)20/h4-12H,3,13H2,1-2H3. The molecule has 1 aliphatic rings. The maximum absolute atomic E-state index is 13.0. The lowest BCUT2D eigenvalue weighted by Crippen LogP contribution is -2.23. The van der Waals surface area contributed by atoms with Crippen LogP contribution in [-0.2, 0) is 11.3 Å². The van der Waals surface area contributed by atoms with Gasteiger partial charge >= 0.3 is 5.97 Å². The molecular formula is C23H19NO4. The molecule has 0 atom stereocenters. The van der Waals surface area contributed by atoms with Crippen molar-refractivity contribution in [1.82, 2.24) is 4.57 Å². The number of ketones is 2. The molecule has 0 saturated carbocycles. The Balaban J connectivity index is 2.02. The summed E-state index contributed by atoms with van der Waals surface area (Å²) >= 11 is 0. The fourth-order valence-electron chi connectivity index (χ4n) is 3.78. The predicted molar refractivity (Wildman–Crippen MR) is 105 cm³/mol. The van der Waals surface area contributed by atoms with Gasteiger partial charge in [0.2, 0.25) is 11.6 Å². The van der Waals surface area contributed by atoms with Crippen molar-refractivity contribution < 1.29 is 19.1 Å². The van der Waals surface area contributed by atoms with Gasteiger partial charge < -0.3 is 9.30 Å². The summed E-state index contributed by atoms with van der Waals surface area (Å²) in [5.41, 5.74) is 3.60. The minimum atomic E-state index is -0.660. The predicted octanol–water partition coefficient (Wildman–Crippen LogP) is 4.07. The van der Waals surface area contributed by atoms with Gasteiger partial charge in [-0.05, 0) is 19.4 Å². The minimum Gasteiger partial charge on any atom is -0.462 e. The smallest absolute Gasteiger partial charge is 0.340 e. The van der Waals surface area contributed by atoms with Gasteiger partial charge in [0.1, 0.15) is 0 Å². The molecule has 0 aliphatic heterocycles. The number of carbonyl (C=O) groups is 3. The van der Waals surface area contributed by atoms with E-state index >= 15 is 0 Å². The van der Waals surface area contributed by atoms with Gasteiger partial charge in [0.25, 0.3) is 0 Å². The maximum Gasteiger partial charge on any atom is 0.340 e. The Morgan fingerprint density at radius 3 is 2.25 bits per heavy atom. The van der Waals surface area contributed by atoms with E-state index in [2.05, 4.69) is 0 Å². The average Bonchev–Trinajstić information content (AvgIpc) is 3.00. The topological polar surface area (TPSA) is 65.4 Å². The van der Waals surface area contributed by atoms with Gasteiger partial charge in [-0.25, -0.2) is 4.79 Å². The Hall–Kier alpha value is -3.47. The Morgan fingerprint density at radius 1 is 0.929 bits per heavy atom. The van der Waals surface area contributed by atoms with Crippen LogP contribution >= 0.6 is 0 Å². The Kier molecular flexibility index (Phi) is 4.43. The molecule has 5 heteroatoms. The largest absolute Gasteiger partial charge is 0.462 e. The maximum atomic E-state index is 13.0. The molecule has 0 fully saturated rings. The van der Waals surface area contributed by atoms with Crippen molar-refractivity contribution in [3.05, 3.63) is 82.5 Å². The number of esters is 1. The first-order valence-corrected chi connectivity index (χ1v) is 9.17. The monoisotopic (exact) mass is 373 g/mol. The van der Waals surface area contributed by atoms with Crippen molar-refractivity contribution in [2.75, 3.05) is 6.61 Å². The fourth-order valence-corrected chi connectivity index (χ4v) is 3.78. The SMILES string of the molecule is CCOC(=O)c1c2c(n(Cc3ccccc3)c1C)-c1ccccc1C(=O)C2=O. The Labute approximate surface area is 162 Å². The van der Waals surface area contributed by atoms with E-state index in [-0.39, 0.29) is 17.7 Å². The van der Waals surface area contributed by atoms with E-state index in [0.29, 0.717) is 29.1 Å². The average molecular weight is 373 g/mol. The molecule has 3 aromatic rings. The molecule has 4 rings (SSSR count). The summed E-state index contributed by atoms with van der Waals surface area (Å²) in [6, 6.07) is 16.8. The number of fused-ring (bicyclic) bond motifs is 3. The van der Waals surface area contributed by atoms with Crippen LogP contribution in [0.1, 0.15) is 49.3 Å². The number of benzene rings is 2. The second kappa shape index (κ2) is 6.93. The van der Waals surface area contributed by atoms with Gasteiger partial charge in [0.15, 0.2) is 0 Å². The molecule has 5 nitrogen and oxygen atoms in total. The molecule has 1 aromatic heterocycles.